The highest BCUT2D eigenvalue weighted by atomic mass is 35.5. The van der Waals surface area contributed by atoms with Crippen LogP contribution in [0.25, 0.3) is 0 Å². The summed E-state index contributed by atoms with van der Waals surface area (Å²) in [6.07, 6.45) is -2.86. The Bertz CT molecular complexity index is 810. The number of nitrogens with two attached hydrogens (primary N) is 2. The highest BCUT2D eigenvalue weighted by Gasteiger charge is 2.23. The number of nitrogens with zero attached hydrogens (tertiary/aromatic N) is 1. The minimum absolute atomic E-state index is 0.211. The van der Waals surface area contributed by atoms with E-state index in [-0.39, 0.29) is 22.9 Å². The molecule has 1 aromatic carbocycles. The summed E-state index contributed by atoms with van der Waals surface area (Å²) in [5.41, 5.74) is 10.8. The molecule has 13 heteroatoms. The molecule has 8 N–H and O–H groups in total. The van der Waals surface area contributed by atoms with Crippen LogP contribution in [-0.4, -0.2) is 52.1 Å². The van der Waals surface area contributed by atoms with Gasteiger partial charge in [-0.15, -0.1) is 0 Å². The molecule has 0 saturated heterocycles. The molecule has 0 aromatic heterocycles. The van der Waals surface area contributed by atoms with Gasteiger partial charge in [-0.1, -0.05) is 29.3 Å². The second-order valence-electron chi connectivity index (χ2n) is 5.70. The number of halogens is 2. The lowest BCUT2D eigenvalue weighted by molar-refractivity contribution is -0.143. The summed E-state index contributed by atoms with van der Waals surface area (Å²) in [4.78, 5) is 49.6. The van der Waals surface area contributed by atoms with Crippen molar-refractivity contribution in [2.24, 2.45) is 16.5 Å². The van der Waals surface area contributed by atoms with Crippen molar-refractivity contribution >= 4 is 52.9 Å². The summed E-state index contributed by atoms with van der Waals surface area (Å²) >= 11 is 11.9. The number of carboxylic acids is 1. The number of aliphatic hydroxyl groups excluding tert-OH is 1. The van der Waals surface area contributed by atoms with Gasteiger partial charge in [-0.25, -0.2) is 4.79 Å². The number of aliphatic carboxylic acids is 1. The third-order valence-corrected chi connectivity index (χ3v) is 4.15. The van der Waals surface area contributed by atoms with Crippen LogP contribution < -0.4 is 22.1 Å². The third kappa shape index (κ3) is 8.44. The molecule has 3 amide bonds. The van der Waals surface area contributed by atoms with Crippen LogP contribution in [-0.2, 0) is 25.6 Å². The zero-order valence-electron chi connectivity index (χ0n) is 14.9. The predicted octanol–water partition coefficient (Wildman–Crippen LogP) is -0.880. The van der Waals surface area contributed by atoms with Crippen LogP contribution in [0.4, 0.5) is 0 Å². The number of benzene rings is 1. The highest BCUT2D eigenvalue weighted by molar-refractivity contribution is 6.36. The first-order valence-electron chi connectivity index (χ1n) is 8.07. The molecule has 0 heterocycles. The maximum atomic E-state index is 12.0. The molecule has 2 atom stereocenters. The van der Waals surface area contributed by atoms with Gasteiger partial charge in [0.1, 0.15) is 6.04 Å². The molecule has 0 radical (unpaired) electrons. The van der Waals surface area contributed by atoms with Crippen LogP contribution in [0.15, 0.2) is 23.2 Å². The maximum Gasteiger partial charge on any atom is 0.326 e. The van der Waals surface area contributed by atoms with Gasteiger partial charge < -0.3 is 21.3 Å². The van der Waals surface area contributed by atoms with E-state index in [0.717, 1.165) is 0 Å². The number of carbonyl (C=O) groups excluding carboxylic acids is 3. The molecule has 0 fully saturated rings. The first-order chi connectivity index (χ1) is 13.5. The van der Waals surface area contributed by atoms with Crippen molar-refractivity contribution in [1.82, 2.24) is 10.6 Å². The molecule has 29 heavy (non-hydrogen) atoms. The number of nitrogens with one attached hydrogen (secondary N) is 2. The van der Waals surface area contributed by atoms with Crippen LogP contribution >= 0.6 is 23.2 Å². The fraction of sp³-hybridized carbons (Fsp3) is 0.312. The van der Waals surface area contributed by atoms with Gasteiger partial charge in [-0.3, -0.25) is 25.4 Å². The predicted molar refractivity (Wildman–Crippen MR) is 104 cm³/mol. The van der Waals surface area contributed by atoms with Gasteiger partial charge in [0.25, 0.3) is 5.91 Å². The van der Waals surface area contributed by atoms with E-state index in [9.17, 15) is 19.2 Å². The number of aliphatic hydroxyl groups is 1. The Morgan fingerprint density at radius 3 is 2.28 bits per heavy atom. The Hall–Kier alpha value is -2.73. The quantitative estimate of drug-likeness (QED) is 0.167. The van der Waals surface area contributed by atoms with Crippen LogP contribution in [0.1, 0.15) is 18.4 Å². The summed E-state index contributed by atoms with van der Waals surface area (Å²) in [5, 5.41) is 22.6. The average Bonchev–Trinajstić information content (AvgIpc) is 2.61. The molecule has 0 aliphatic carbocycles. The maximum absolute atomic E-state index is 12.0. The second kappa shape index (κ2) is 11.3. The van der Waals surface area contributed by atoms with Gasteiger partial charge in [-0.2, -0.15) is 4.99 Å². The second-order valence-corrected chi connectivity index (χ2v) is 6.51. The summed E-state index contributed by atoms with van der Waals surface area (Å²) in [7, 11) is 0. The van der Waals surface area contributed by atoms with Crippen molar-refractivity contribution in [2.75, 3.05) is 0 Å². The summed E-state index contributed by atoms with van der Waals surface area (Å²) in [6, 6.07) is 3.25. The Kier molecular flexibility index (Phi) is 9.48. The Morgan fingerprint density at radius 2 is 1.76 bits per heavy atom. The molecule has 0 aliphatic heterocycles. The van der Waals surface area contributed by atoms with E-state index in [1.165, 1.54) is 0 Å². The summed E-state index contributed by atoms with van der Waals surface area (Å²) in [6.45, 7) is 0. The lowest BCUT2D eigenvalue weighted by Crippen LogP contribution is -2.48. The van der Waals surface area contributed by atoms with Gasteiger partial charge in [0.15, 0.2) is 6.23 Å². The normalized spacial score (nSPS) is 13.3. The zero-order valence-corrected chi connectivity index (χ0v) is 16.4. The number of guanidine groups is 1. The van der Waals surface area contributed by atoms with Gasteiger partial charge in [0.05, 0.1) is 6.42 Å². The van der Waals surface area contributed by atoms with E-state index < -0.39 is 48.3 Å². The van der Waals surface area contributed by atoms with Gasteiger partial charge in [0, 0.05) is 16.5 Å². The van der Waals surface area contributed by atoms with Gasteiger partial charge in [-0.05, 0) is 24.1 Å². The van der Waals surface area contributed by atoms with E-state index in [1.807, 2.05) is 5.32 Å². The molecular formula is C16H19Cl2N5O6. The first kappa shape index (κ1) is 24.3. The summed E-state index contributed by atoms with van der Waals surface area (Å²) in [5.74, 6) is -4.52. The lowest BCUT2D eigenvalue weighted by atomic mass is 10.1. The molecule has 158 valence electrons. The largest absolute Gasteiger partial charge is 0.480 e. The van der Waals surface area contributed by atoms with E-state index in [0.29, 0.717) is 5.56 Å². The monoisotopic (exact) mass is 447 g/mol. The molecule has 0 spiro atoms. The standard InChI is InChI=1S/C16H19Cl2N5O6/c17-8-2-1-3-9(18)7(8)6-12(25)23-16(20)22-11(24)5-4-10(15(28)29)21-14(27)13(19)26/h1-3,10,13,26H,4-6,19H2,(H,21,27)(H,28,29)(H3,20,22,23,24,25)/t10-,13+/m0/s1. The van der Waals surface area contributed by atoms with Crippen LogP contribution in [0.3, 0.4) is 0 Å². The van der Waals surface area contributed by atoms with E-state index in [4.69, 9.17) is 44.9 Å². The number of rotatable bonds is 8. The minimum atomic E-state index is -1.90. The van der Waals surface area contributed by atoms with Gasteiger partial charge in [0.2, 0.25) is 17.8 Å². The molecule has 0 unspecified atom stereocenters. The Balaban J connectivity index is 2.61. The lowest BCUT2D eigenvalue weighted by Gasteiger charge is -2.14. The van der Waals surface area contributed by atoms with E-state index >= 15 is 0 Å². The third-order valence-electron chi connectivity index (χ3n) is 3.44. The van der Waals surface area contributed by atoms with Crippen molar-refractivity contribution in [3.05, 3.63) is 33.8 Å². The number of carboxylic acid groups (broad SMARTS) is 1. The zero-order chi connectivity index (χ0) is 22.1. The fourth-order valence-electron chi connectivity index (χ4n) is 2.05. The SMILES string of the molecule is NC(=NC(=O)CC[C@H](NC(=O)[C@H](N)O)C(=O)O)NC(=O)Cc1c(Cl)cccc1Cl. The van der Waals surface area contributed by atoms with Crippen molar-refractivity contribution in [2.45, 2.75) is 31.5 Å². The van der Waals surface area contributed by atoms with Gasteiger partial charge >= 0.3 is 5.97 Å². The molecular weight excluding hydrogens is 429 g/mol. The average molecular weight is 448 g/mol. The topological polar surface area (TPSA) is 197 Å². The molecule has 0 bridgehead atoms. The minimum Gasteiger partial charge on any atom is -0.480 e. The number of aliphatic imine (C=N–C) groups is 1. The number of carbonyl (C=O) groups is 4. The number of hydrogen-bond acceptors (Lipinski definition) is 6. The highest BCUT2D eigenvalue weighted by Crippen LogP contribution is 2.24. The van der Waals surface area contributed by atoms with Crippen molar-refractivity contribution in [3.63, 3.8) is 0 Å². The molecule has 1 rings (SSSR count). The fourth-order valence-corrected chi connectivity index (χ4v) is 2.58. The van der Waals surface area contributed by atoms with Crippen molar-refractivity contribution < 1.29 is 29.4 Å². The van der Waals surface area contributed by atoms with E-state index in [2.05, 4.69) is 10.3 Å². The number of amides is 3. The van der Waals surface area contributed by atoms with E-state index in [1.54, 1.807) is 18.2 Å². The van der Waals surface area contributed by atoms with Crippen molar-refractivity contribution in [1.29, 1.82) is 0 Å². The Labute approximate surface area is 175 Å². The van der Waals surface area contributed by atoms with Crippen LogP contribution in [0, 0.1) is 0 Å². The molecule has 1 aromatic rings. The van der Waals surface area contributed by atoms with Crippen molar-refractivity contribution in [3.8, 4) is 0 Å². The number of hydrogen-bond donors (Lipinski definition) is 6. The molecule has 0 aliphatic rings. The van der Waals surface area contributed by atoms with Crippen LogP contribution in [0.5, 0.6) is 0 Å². The first-order valence-corrected chi connectivity index (χ1v) is 8.83. The molecule has 0 saturated carbocycles. The molecule has 11 nitrogen and oxygen atoms in total. The smallest absolute Gasteiger partial charge is 0.326 e. The summed E-state index contributed by atoms with van der Waals surface area (Å²) < 4.78 is 0. The van der Waals surface area contributed by atoms with Crippen LogP contribution in [0.2, 0.25) is 10.0 Å². The Morgan fingerprint density at radius 1 is 1.17 bits per heavy atom.